The van der Waals surface area contributed by atoms with Crippen molar-refractivity contribution in [2.45, 2.75) is 12.1 Å². The van der Waals surface area contributed by atoms with Gasteiger partial charge in [0, 0.05) is 0 Å². The number of hydrogen-bond acceptors (Lipinski definition) is 3. The highest BCUT2D eigenvalue weighted by Gasteiger charge is 2.25. The third-order valence-electron chi connectivity index (χ3n) is 1.32. The third kappa shape index (κ3) is 1.34. The highest BCUT2D eigenvalue weighted by Crippen LogP contribution is 2.04. The van der Waals surface area contributed by atoms with Crippen molar-refractivity contribution in [3.8, 4) is 0 Å². The zero-order valence-electron chi connectivity index (χ0n) is 5.36. The lowest BCUT2D eigenvalue weighted by Crippen LogP contribution is -2.43. The molecular formula is C6H9NO3. The number of nitrogens with two attached hydrogens (primary N) is 1. The SMILES string of the molecule is N[C@@H]1C=CCO[C@H]1C(=O)O. The van der Waals surface area contributed by atoms with Gasteiger partial charge in [0.1, 0.15) is 0 Å². The van der Waals surface area contributed by atoms with Gasteiger partial charge in [0.05, 0.1) is 12.6 Å². The van der Waals surface area contributed by atoms with Crippen LogP contribution < -0.4 is 5.73 Å². The van der Waals surface area contributed by atoms with Crippen molar-refractivity contribution in [3.05, 3.63) is 12.2 Å². The van der Waals surface area contributed by atoms with Gasteiger partial charge in [-0.3, -0.25) is 0 Å². The molecule has 0 radical (unpaired) electrons. The first-order valence-corrected chi connectivity index (χ1v) is 2.98. The van der Waals surface area contributed by atoms with Crippen LogP contribution in [0.5, 0.6) is 0 Å². The molecule has 1 heterocycles. The van der Waals surface area contributed by atoms with E-state index in [1.165, 1.54) is 0 Å². The summed E-state index contributed by atoms with van der Waals surface area (Å²) >= 11 is 0. The van der Waals surface area contributed by atoms with E-state index in [1.807, 2.05) is 0 Å². The summed E-state index contributed by atoms with van der Waals surface area (Å²) in [5, 5.41) is 8.47. The number of carboxylic acids is 1. The molecule has 1 aliphatic heterocycles. The number of aliphatic carboxylic acids is 1. The molecule has 0 aromatic carbocycles. The van der Waals surface area contributed by atoms with Gasteiger partial charge in [-0.15, -0.1) is 0 Å². The first-order chi connectivity index (χ1) is 4.72. The maximum absolute atomic E-state index is 10.3. The maximum atomic E-state index is 10.3. The molecule has 0 aliphatic carbocycles. The van der Waals surface area contributed by atoms with Crippen LogP contribution in [-0.2, 0) is 9.53 Å². The lowest BCUT2D eigenvalue weighted by Gasteiger charge is -2.20. The first kappa shape index (κ1) is 7.24. The second kappa shape index (κ2) is 2.81. The van der Waals surface area contributed by atoms with Crippen molar-refractivity contribution in [2.75, 3.05) is 6.61 Å². The predicted octanol–water partition coefficient (Wildman–Crippen LogP) is -0.647. The predicted molar refractivity (Wildman–Crippen MR) is 34.5 cm³/mol. The summed E-state index contributed by atoms with van der Waals surface area (Å²) in [7, 11) is 0. The molecule has 0 amide bonds. The fraction of sp³-hybridized carbons (Fsp3) is 0.500. The Kier molecular flexibility index (Phi) is 2.03. The van der Waals surface area contributed by atoms with Gasteiger partial charge in [-0.25, -0.2) is 4.79 Å². The van der Waals surface area contributed by atoms with E-state index < -0.39 is 18.1 Å². The number of carbonyl (C=O) groups is 1. The van der Waals surface area contributed by atoms with Crippen molar-refractivity contribution >= 4 is 5.97 Å². The molecule has 0 aromatic heterocycles. The quantitative estimate of drug-likeness (QED) is 0.478. The molecule has 1 aliphatic rings. The summed E-state index contributed by atoms with van der Waals surface area (Å²) in [5.41, 5.74) is 5.39. The lowest BCUT2D eigenvalue weighted by molar-refractivity contribution is -0.150. The van der Waals surface area contributed by atoms with Crippen molar-refractivity contribution in [1.82, 2.24) is 0 Å². The van der Waals surface area contributed by atoms with Crippen LogP contribution in [0.1, 0.15) is 0 Å². The molecule has 0 spiro atoms. The fourth-order valence-electron chi connectivity index (χ4n) is 0.820. The largest absolute Gasteiger partial charge is 0.479 e. The lowest BCUT2D eigenvalue weighted by atomic mass is 10.1. The van der Waals surface area contributed by atoms with Crippen molar-refractivity contribution in [3.63, 3.8) is 0 Å². The van der Waals surface area contributed by atoms with Crippen LogP contribution in [0.15, 0.2) is 12.2 Å². The summed E-state index contributed by atoms with van der Waals surface area (Å²) in [6.45, 7) is 0.338. The standard InChI is InChI=1S/C6H9NO3/c7-4-2-1-3-10-5(4)6(8)9/h1-2,4-5H,3,7H2,(H,8,9)/t4-,5-/m1/s1. The second-order valence-corrected chi connectivity index (χ2v) is 2.10. The molecule has 2 atom stereocenters. The molecule has 0 unspecified atom stereocenters. The van der Waals surface area contributed by atoms with Gasteiger partial charge in [-0.05, 0) is 0 Å². The monoisotopic (exact) mass is 143 g/mol. The zero-order valence-corrected chi connectivity index (χ0v) is 5.36. The van der Waals surface area contributed by atoms with E-state index in [0.29, 0.717) is 6.61 Å². The van der Waals surface area contributed by atoms with E-state index in [4.69, 9.17) is 15.6 Å². The Morgan fingerprint density at radius 2 is 2.50 bits per heavy atom. The van der Waals surface area contributed by atoms with Gasteiger partial charge in [0.25, 0.3) is 0 Å². The zero-order chi connectivity index (χ0) is 7.56. The molecule has 4 heteroatoms. The molecule has 0 saturated carbocycles. The Morgan fingerprint density at radius 1 is 1.80 bits per heavy atom. The number of hydrogen-bond donors (Lipinski definition) is 2. The van der Waals surface area contributed by atoms with Crippen LogP contribution in [0.3, 0.4) is 0 Å². The Balaban J connectivity index is 2.60. The molecule has 4 nitrogen and oxygen atoms in total. The molecule has 3 N–H and O–H groups in total. The van der Waals surface area contributed by atoms with Gasteiger partial charge in [0.2, 0.25) is 0 Å². The van der Waals surface area contributed by atoms with Gasteiger partial charge in [-0.1, -0.05) is 12.2 Å². The van der Waals surface area contributed by atoms with E-state index in [0.717, 1.165) is 0 Å². The van der Waals surface area contributed by atoms with Crippen LogP contribution in [0, 0.1) is 0 Å². The summed E-state index contributed by atoms with van der Waals surface area (Å²) in [5.74, 6) is -1.00. The smallest absolute Gasteiger partial charge is 0.334 e. The van der Waals surface area contributed by atoms with Crippen LogP contribution in [0.2, 0.25) is 0 Å². The minimum atomic E-state index is -1.00. The molecule has 0 aromatic rings. The Bertz CT molecular complexity index is 166. The average molecular weight is 143 g/mol. The molecule has 56 valence electrons. The fourth-order valence-corrected chi connectivity index (χ4v) is 0.820. The molecule has 0 saturated heterocycles. The van der Waals surface area contributed by atoms with E-state index in [2.05, 4.69) is 0 Å². The minimum Gasteiger partial charge on any atom is -0.479 e. The van der Waals surface area contributed by atoms with E-state index in [-0.39, 0.29) is 0 Å². The number of ether oxygens (including phenoxy) is 1. The van der Waals surface area contributed by atoms with Crippen molar-refractivity contribution in [2.24, 2.45) is 5.73 Å². The molecule has 0 bridgehead atoms. The van der Waals surface area contributed by atoms with Crippen LogP contribution in [-0.4, -0.2) is 29.8 Å². The Labute approximate surface area is 58.3 Å². The van der Waals surface area contributed by atoms with E-state index in [9.17, 15) is 4.79 Å². The van der Waals surface area contributed by atoms with Crippen LogP contribution in [0.4, 0.5) is 0 Å². The second-order valence-electron chi connectivity index (χ2n) is 2.10. The summed E-state index contributed by atoms with van der Waals surface area (Å²) in [6, 6.07) is -0.508. The first-order valence-electron chi connectivity index (χ1n) is 2.98. The summed E-state index contributed by atoms with van der Waals surface area (Å²) < 4.78 is 4.84. The molecule has 1 rings (SSSR count). The van der Waals surface area contributed by atoms with Gasteiger partial charge < -0.3 is 15.6 Å². The summed E-state index contributed by atoms with van der Waals surface area (Å²) in [6.07, 6.45) is 2.48. The third-order valence-corrected chi connectivity index (χ3v) is 1.32. The maximum Gasteiger partial charge on any atom is 0.334 e. The average Bonchev–Trinajstić information content (AvgIpc) is 1.88. The highest BCUT2D eigenvalue weighted by atomic mass is 16.5. The molecule has 10 heavy (non-hydrogen) atoms. The van der Waals surface area contributed by atoms with Gasteiger partial charge in [-0.2, -0.15) is 0 Å². The highest BCUT2D eigenvalue weighted by molar-refractivity contribution is 5.73. The van der Waals surface area contributed by atoms with Gasteiger partial charge >= 0.3 is 5.97 Å². The molecular weight excluding hydrogens is 134 g/mol. The molecule has 0 fully saturated rings. The van der Waals surface area contributed by atoms with Gasteiger partial charge in [0.15, 0.2) is 6.10 Å². The van der Waals surface area contributed by atoms with Crippen molar-refractivity contribution in [1.29, 1.82) is 0 Å². The normalized spacial score (nSPS) is 32.1. The minimum absolute atomic E-state index is 0.338. The van der Waals surface area contributed by atoms with E-state index in [1.54, 1.807) is 12.2 Å². The van der Waals surface area contributed by atoms with E-state index >= 15 is 0 Å². The van der Waals surface area contributed by atoms with Crippen LogP contribution in [0.25, 0.3) is 0 Å². The van der Waals surface area contributed by atoms with Crippen molar-refractivity contribution < 1.29 is 14.6 Å². The Hall–Kier alpha value is -0.870. The van der Waals surface area contributed by atoms with Crippen LogP contribution >= 0.6 is 0 Å². The topological polar surface area (TPSA) is 72.5 Å². The summed E-state index contributed by atoms with van der Waals surface area (Å²) in [4.78, 5) is 10.3. The Morgan fingerprint density at radius 3 is 2.90 bits per heavy atom. The number of rotatable bonds is 1. The number of carboxylic acid groups (broad SMARTS) is 1.